The fourth-order valence-electron chi connectivity index (χ4n) is 1.81. The first-order valence-corrected chi connectivity index (χ1v) is 5.15. The molecule has 1 aliphatic rings. The molecule has 0 aromatic rings. The minimum Gasteiger partial charge on any atom is -0.316 e. The third-order valence-electron chi connectivity index (χ3n) is 2.60. The summed E-state index contributed by atoms with van der Waals surface area (Å²) in [6.45, 7) is 4.75. The van der Waals surface area contributed by atoms with Crippen LogP contribution in [0.25, 0.3) is 0 Å². The van der Waals surface area contributed by atoms with Crippen LogP contribution in [0.4, 0.5) is 0 Å². The number of hydrogen-bond donors (Lipinski definition) is 1. The van der Waals surface area contributed by atoms with Crippen molar-refractivity contribution < 1.29 is 0 Å². The lowest BCUT2D eigenvalue weighted by Gasteiger charge is -2.10. The van der Waals surface area contributed by atoms with Crippen molar-refractivity contribution >= 4 is 0 Å². The van der Waals surface area contributed by atoms with E-state index in [0.29, 0.717) is 0 Å². The van der Waals surface area contributed by atoms with Crippen LogP contribution in [0.15, 0.2) is 0 Å². The van der Waals surface area contributed by atoms with Crippen LogP contribution in [0.1, 0.15) is 19.3 Å². The third kappa shape index (κ3) is 4.31. The zero-order chi connectivity index (χ0) is 9.52. The zero-order valence-electron chi connectivity index (χ0n) is 8.55. The summed E-state index contributed by atoms with van der Waals surface area (Å²) in [7, 11) is 2.19. The molecule has 2 nitrogen and oxygen atoms in total. The summed E-state index contributed by atoms with van der Waals surface area (Å²) in [5, 5.41) is 3.46. The van der Waals surface area contributed by atoms with Crippen LogP contribution in [0.5, 0.6) is 0 Å². The van der Waals surface area contributed by atoms with Gasteiger partial charge in [-0.1, -0.05) is 0 Å². The Morgan fingerprint density at radius 2 is 2.46 bits per heavy atom. The Morgan fingerprint density at radius 1 is 1.62 bits per heavy atom. The van der Waals surface area contributed by atoms with Gasteiger partial charge in [0.1, 0.15) is 0 Å². The normalized spacial score (nSPS) is 23.2. The van der Waals surface area contributed by atoms with Gasteiger partial charge in [-0.2, -0.15) is 0 Å². The molecule has 0 bridgehead atoms. The van der Waals surface area contributed by atoms with E-state index in [4.69, 9.17) is 6.42 Å². The van der Waals surface area contributed by atoms with Gasteiger partial charge in [-0.25, -0.2) is 0 Å². The summed E-state index contributed by atoms with van der Waals surface area (Å²) in [5.74, 6) is 3.51. The Bertz CT molecular complexity index is 171. The van der Waals surface area contributed by atoms with Gasteiger partial charge in [-0.05, 0) is 45.4 Å². The van der Waals surface area contributed by atoms with Crippen LogP contribution in [-0.4, -0.2) is 38.1 Å². The van der Waals surface area contributed by atoms with Gasteiger partial charge in [0.25, 0.3) is 0 Å². The molecule has 1 heterocycles. The number of rotatable bonds is 5. The van der Waals surface area contributed by atoms with Crippen molar-refractivity contribution in [2.24, 2.45) is 5.92 Å². The summed E-state index contributed by atoms with van der Waals surface area (Å²) in [5.41, 5.74) is 0. The van der Waals surface area contributed by atoms with E-state index in [2.05, 4.69) is 23.2 Å². The minimum absolute atomic E-state index is 0.857. The Kier molecular flexibility index (Phi) is 4.88. The molecule has 1 saturated heterocycles. The van der Waals surface area contributed by atoms with Crippen LogP contribution in [0, 0.1) is 18.3 Å². The maximum atomic E-state index is 5.17. The van der Waals surface area contributed by atoms with Crippen LogP contribution < -0.4 is 5.32 Å². The van der Waals surface area contributed by atoms with Crippen LogP contribution in [-0.2, 0) is 0 Å². The molecular formula is C11H20N2. The van der Waals surface area contributed by atoms with E-state index in [1.54, 1.807) is 0 Å². The van der Waals surface area contributed by atoms with Gasteiger partial charge >= 0.3 is 0 Å². The standard InChI is InChI=1S/C11H20N2/c1-3-4-5-7-12-9-11-6-8-13(2)10-11/h1,11-12H,4-10H2,2H3. The molecule has 1 N–H and O–H groups in total. The van der Waals surface area contributed by atoms with Crippen molar-refractivity contribution in [1.82, 2.24) is 10.2 Å². The van der Waals surface area contributed by atoms with Crippen molar-refractivity contribution in [1.29, 1.82) is 0 Å². The fourth-order valence-corrected chi connectivity index (χ4v) is 1.81. The third-order valence-corrected chi connectivity index (χ3v) is 2.60. The molecule has 0 radical (unpaired) electrons. The second-order valence-electron chi connectivity index (χ2n) is 3.93. The van der Waals surface area contributed by atoms with Gasteiger partial charge in [-0.3, -0.25) is 0 Å². The number of hydrogen-bond acceptors (Lipinski definition) is 2. The van der Waals surface area contributed by atoms with Crippen molar-refractivity contribution in [2.45, 2.75) is 19.3 Å². The van der Waals surface area contributed by atoms with Gasteiger partial charge in [0.15, 0.2) is 0 Å². The molecule has 0 aromatic carbocycles. The molecule has 1 atom stereocenters. The molecule has 0 amide bonds. The highest BCUT2D eigenvalue weighted by Gasteiger charge is 2.18. The number of terminal acetylenes is 1. The Labute approximate surface area is 81.7 Å². The molecule has 0 aliphatic carbocycles. The van der Waals surface area contributed by atoms with E-state index in [0.717, 1.165) is 31.8 Å². The largest absolute Gasteiger partial charge is 0.316 e. The minimum atomic E-state index is 0.857. The Balaban J connectivity index is 1.92. The molecule has 13 heavy (non-hydrogen) atoms. The molecule has 0 spiro atoms. The predicted molar refractivity (Wildman–Crippen MR) is 56.5 cm³/mol. The average Bonchev–Trinajstić information content (AvgIpc) is 2.51. The van der Waals surface area contributed by atoms with Crippen molar-refractivity contribution in [2.75, 3.05) is 33.2 Å². The number of nitrogens with zero attached hydrogens (tertiary/aromatic N) is 1. The SMILES string of the molecule is C#CCCCNCC1CCN(C)C1. The number of likely N-dealkylation sites (tertiary alicyclic amines) is 1. The summed E-state index contributed by atoms with van der Waals surface area (Å²) in [4.78, 5) is 2.40. The summed E-state index contributed by atoms with van der Waals surface area (Å²) in [6.07, 6.45) is 8.52. The van der Waals surface area contributed by atoms with Crippen molar-refractivity contribution in [3.63, 3.8) is 0 Å². The van der Waals surface area contributed by atoms with E-state index >= 15 is 0 Å². The topological polar surface area (TPSA) is 15.3 Å². The highest BCUT2D eigenvalue weighted by molar-refractivity contribution is 4.83. The van der Waals surface area contributed by atoms with E-state index < -0.39 is 0 Å². The fraction of sp³-hybridized carbons (Fsp3) is 0.818. The molecule has 1 aliphatic heterocycles. The maximum absolute atomic E-state index is 5.17. The van der Waals surface area contributed by atoms with Crippen LogP contribution in [0.2, 0.25) is 0 Å². The molecule has 1 rings (SSSR count). The molecule has 0 aromatic heterocycles. The second-order valence-corrected chi connectivity index (χ2v) is 3.93. The molecule has 74 valence electrons. The van der Waals surface area contributed by atoms with E-state index in [1.165, 1.54) is 19.5 Å². The van der Waals surface area contributed by atoms with E-state index in [9.17, 15) is 0 Å². The van der Waals surface area contributed by atoms with Gasteiger partial charge in [-0.15, -0.1) is 12.3 Å². The first-order valence-electron chi connectivity index (χ1n) is 5.15. The van der Waals surface area contributed by atoms with Gasteiger partial charge < -0.3 is 10.2 Å². The van der Waals surface area contributed by atoms with Gasteiger partial charge in [0, 0.05) is 13.0 Å². The molecule has 1 unspecified atom stereocenters. The van der Waals surface area contributed by atoms with E-state index in [1.807, 2.05) is 0 Å². The quantitative estimate of drug-likeness (QED) is 0.500. The zero-order valence-corrected chi connectivity index (χ0v) is 8.55. The van der Waals surface area contributed by atoms with E-state index in [-0.39, 0.29) is 0 Å². The number of unbranched alkanes of at least 4 members (excludes halogenated alkanes) is 1. The number of nitrogens with one attached hydrogen (secondary N) is 1. The summed E-state index contributed by atoms with van der Waals surface area (Å²) in [6, 6.07) is 0. The lowest BCUT2D eigenvalue weighted by atomic mass is 10.1. The average molecular weight is 180 g/mol. The summed E-state index contributed by atoms with van der Waals surface area (Å²) >= 11 is 0. The lowest BCUT2D eigenvalue weighted by molar-refractivity contribution is 0.388. The van der Waals surface area contributed by atoms with Gasteiger partial charge in [0.2, 0.25) is 0 Å². The second kappa shape index (κ2) is 6.01. The molecule has 1 fully saturated rings. The smallest absolute Gasteiger partial charge is 0.00981 e. The first kappa shape index (κ1) is 10.6. The monoisotopic (exact) mass is 180 g/mol. The lowest BCUT2D eigenvalue weighted by Crippen LogP contribution is -2.25. The summed E-state index contributed by atoms with van der Waals surface area (Å²) < 4.78 is 0. The highest BCUT2D eigenvalue weighted by atomic mass is 15.1. The van der Waals surface area contributed by atoms with Crippen molar-refractivity contribution in [3.05, 3.63) is 0 Å². The first-order chi connectivity index (χ1) is 6.33. The van der Waals surface area contributed by atoms with Gasteiger partial charge in [0.05, 0.1) is 0 Å². The highest BCUT2D eigenvalue weighted by Crippen LogP contribution is 2.12. The Hall–Kier alpha value is -0.520. The predicted octanol–water partition coefficient (Wildman–Crippen LogP) is 0.941. The molecular weight excluding hydrogens is 160 g/mol. The maximum Gasteiger partial charge on any atom is 0.00981 e. The molecule has 2 heteroatoms. The Morgan fingerprint density at radius 3 is 3.08 bits per heavy atom. The van der Waals surface area contributed by atoms with Crippen LogP contribution >= 0.6 is 0 Å². The van der Waals surface area contributed by atoms with Crippen molar-refractivity contribution in [3.8, 4) is 12.3 Å². The molecule has 0 saturated carbocycles. The van der Waals surface area contributed by atoms with Crippen LogP contribution in [0.3, 0.4) is 0 Å².